The van der Waals surface area contributed by atoms with Gasteiger partial charge >= 0.3 is 0 Å². The molecule has 1 rings (SSSR count). The molecular weight excluding hydrogens is 243 g/mol. The van der Waals surface area contributed by atoms with Gasteiger partial charge in [-0.05, 0) is 51.8 Å². The summed E-state index contributed by atoms with van der Waals surface area (Å²) in [6.07, 6.45) is 0.696. The largest absolute Gasteiger partial charge is 0.352 e. The molecule has 4 heteroatoms. The molecule has 0 heterocycles. The second-order valence-corrected chi connectivity index (χ2v) is 5.90. The third-order valence-electron chi connectivity index (χ3n) is 2.64. The lowest BCUT2D eigenvalue weighted by atomic mass is 10.1. The molecule has 0 radical (unpaired) electrons. The van der Waals surface area contributed by atoms with Gasteiger partial charge in [-0.1, -0.05) is 12.1 Å². The van der Waals surface area contributed by atoms with Crippen LogP contribution in [0, 0.1) is 5.82 Å². The Morgan fingerprint density at radius 3 is 2.37 bits per heavy atom. The molecule has 1 atom stereocenters. The quantitative estimate of drug-likeness (QED) is 0.858. The minimum atomic E-state index is -0.241. The molecule has 2 N–H and O–H groups in total. The van der Waals surface area contributed by atoms with Crippen LogP contribution >= 0.6 is 0 Å². The zero-order valence-corrected chi connectivity index (χ0v) is 12.1. The average Bonchev–Trinajstić information content (AvgIpc) is 2.29. The second kappa shape index (κ2) is 6.66. The van der Waals surface area contributed by atoms with Gasteiger partial charge in [0.2, 0.25) is 5.91 Å². The first-order chi connectivity index (χ1) is 8.76. The molecule has 1 aromatic rings. The molecule has 0 bridgehead atoms. The number of rotatable bonds is 5. The fraction of sp³-hybridized carbons (Fsp3) is 0.533. The first kappa shape index (κ1) is 15.6. The van der Waals surface area contributed by atoms with Crippen molar-refractivity contribution in [3.05, 3.63) is 35.6 Å². The Kier molecular flexibility index (Phi) is 5.48. The van der Waals surface area contributed by atoms with E-state index in [9.17, 15) is 9.18 Å². The van der Waals surface area contributed by atoms with E-state index in [1.807, 2.05) is 27.7 Å². The number of carbonyl (C=O) groups is 1. The van der Waals surface area contributed by atoms with Crippen LogP contribution in [0.25, 0.3) is 0 Å². The van der Waals surface area contributed by atoms with Crippen molar-refractivity contribution in [3.63, 3.8) is 0 Å². The molecule has 0 fully saturated rings. The van der Waals surface area contributed by atoms with E-state index in [0.717, 1.165) is 5.56 Å². The average molecular weight is 266 g/mol. The van der Waals surface area contributed by atoms with Crippen molar-refractivity contribution in [2.24, 2.45) is 0 Å². The Hall–Kier alpha value is -1.42. The van der Waals surface area contributed by atoms with Crippen molar-refractivity contribution < 1.29 is 9.18 Å². The van der Waals surface area contributed by atoms with Crippen LogP contribution in [-0.2, 0) is 11.2 Å². The summed E-state index contributed by atoms with van der Waals surface area (Å²) in [5, 5.41) is 6.06. The zero-order valence-electron chi connectivity index (χ0n) is 12.1. The SMILES string of the molecule is CC(Cc1ccc(F)cc1)NC(=O)CNC(C)(C)C. The van der Waals surface area contributed by atoms with Gasteiger partial charge in [0, 0.05) is 11.6 Å². The van der Waals surface area contributed by atoms with Gasteiger partial charge in [-0.15, -0.1) is 0 Å². The van der Waals surface area contributed by atoms with Crippen molar-refractivity contribution in [2.45, 2.75) is 45.7 Å². The maximum Gasteiger partial charge on any atom is 0.234 e. The molecule has 1 amide bonds. The van der Waals surface area contributed by atoms with Crippen molar-refractivity contribution in [1.82, 2.24) is 10.6 Å². The molecule has 0 saturated carbocycles. The maximum atomic E-state index is 12.8. The van der Waals surface area contributed by atoms with Gasteiger partial charge in [0.25, 0.3) is 0 Å². The molecule has 1 aromatic carbocycles. The van der Waals surface area contributed by atoms with Crippen LogP contribution in [0.4, 0.5) is 4.39 Å². The van der Waals surface area contributed by atoms with E-state index < -0.39 is 0 Å². The number of benzene rings is 1. The number of amides is 1. The molecule has 0 aliphatic carbocycles. The third kappa shape index (κ3) is 6.91. The van der Waals surface area contributed by atoms with Gasteiger partial charge in [0.1, 0.15) is 5.82 Å². The standard InChI is InChI=1S/C15H23FN2O/c1-11(9-12-5-7-13(16)8-6-12)18-14(19)10-17-15(2,3)4/h5-8,11,17H,9-10H2,1-4H3,(H,18,19). The lowest BCUT2D eigenvalue weighted by Crippen LogP contribution is -2.45. The lowest BCUT2D eigenvalue weighted by Gasteiger charge is -2.21. The first-order valence-electron chi connectivity index (χ1n) is 6.55. The van der Waals surface area contributed by atoms with Crippen LogP contribution in [0.1, 0.15) is 33.3 Å². The highest BCUT2D eigenvalue weighted by Gasteiger charge is 2.13. The minimum Gasteiger partial charge on any atom is -0.352 e. The minimum absolute atomic E-state index is 0.0236. The highest BCUT2D eigenvalue weighted by atomic mass is 19.1. The highest BCUT2D eigenvalue weighted by Crippen LogP contribution is 2.05. The van der Waals surface area contributed by atoms with Gasteiger partial charge in [-0.25, -0.2) is 4.39 Å². The molecule has 0 aliphatic heterocycles. The van der Waals surface area contributed by atoms with E-state index in [2.05, 4.69) is 10.6 Å². The smallest absolute Gasteiger partial charge is 0.234 e. The van der Waals surface area contributed by atoms with Crippen LogP contribution in [-0.4, -0.2) is 24.0 Å². The molecule has 1 unspecified atom stereocenters. The maximum absolute atomic E-state index is 12.8. The fourth-order valence-electron chi connectivity index (χ4n) is 1.70. The van der Waals surface area contributed by atoms with Crippen molar-refractivity contribution in [2.75, 3.05) is 6.54 Å². The van der Waals surface area contributed by atoms with Gasteiger partial charge in [0.15, 0.2) is 0 Å². The Labute approximate surface area is 114 Å². The normalized spacial score (nSPS) is 13.1. The van der Waals surface area contributed by atoms with Crippen molar-refractivity contribution >= 4 is 5.91 Å². The molecule has 0 spiro atoms. The lowest BCUT2D eigenvalue weighted by molar-refractivity contribution is -0.121. The number of nitrogens with one attached hydrogen (secondary N) is 2. The van der Waals surface area contributed by atoms with Gasteiger partial charge < -0.3 is 10.6 Å². The zero-order chi connectivity index (χ0) is 14.5. The topological polar surface area (TPSA) is 41.1 Å². The Balaban J connectivity index is 2.36. The predicted molar refractivity (Wildman–Crippen MR) is 75.5 cm³/mol. The van der Waals surface area contributed by atoms with Gasteiger partial charge in [-0.3, -0.25) is 4.79 Å². The molecule has 19 heavy (non-hydrogen) atoms. The van der Waals surface area contributed by atoms with Crippen LogP contribution in [0.15, 0.2) is 24.3 Å². The van der Waals surface area contributed by atoms with E-state index in [4.69, 9.17) is 0 Å². The number of hydrogen-bond donors (Lipinski definition) is 2. The predicted octanol–water partition coefficient (Wildman–Crippen LogP) is 2.26. The fourth-order valence-corrected chi connectivity index (χ4v) is 1.70. The number of carbonyl (C=O) groups excluding carboxylic acids is 1. The summed E-state index contributed by atoms with van der Waals surface area (Å²) in [6, 6.07) is 6.38. The molecule has 0 aliphatic rings. The second-order valence-electron chi connectivity index (χ2n) is 5.90. The third-order valence-corrected chi connectivity index (χ3v) is 2.64. The Morgan fingerprint density at radius 1 is 1.26 bits per heavy atom. The number of halogens is 1. The molecule has 0 aromatic heterocycles. The van der Waals surface area contributed by atoms with E-state index in [1.165, 1.54) is 12.1 Å². The molecule has 0 saturated heterocycles. The van der Waals surface area contributed by atoms with Gasteiger partial charge in [-0.2, -0.15) is 0 Å². The summed E-state index contributed by atoms with van der Waals surface area (Å²) in [5.41, 5.74) is 0.940. The molecule has 3 nitrogen and oxygen atoms in total. The Bertz CT molecular complexity index is 409. The van der Waals surface area contributed by atoms with Crippen molar-refractivity contribution in [1.29, 1.82) is 0 Å². The molecular formula is C15H23FN2O. The summed E-state index contributed by atoms with van der Waals surface area (Å²) in [5.74, 6) is -0.264. The van der Waals surface area contributed by atoms with E-state index in [-0.39, 0.29) is 23.3 Å². The van der Waals surface area contributed by atoms with E-state index in [0.29, 0.717) is 13.0 Å². The Morgan fingerprint density at radius 2 is 1.84 bits per heavy atom. The van der Waals surface area contributed by atoms with Gasteiger partial charge in [0.05, 0.1) is 6.54 Å². The highest BCUT2D eigenvalue weighted by molar-refractivity contribution is 5.78. The summed E-state index contributed by atoms with van der Waals surface area (Å²) < 4.78 is 12.8. The van der Waals surface area contributed by atoms with E-state index in [1.54, 1.807) is 12.1 Å². The number of hydrogen-bond acceptors (Lipinski definition) is 2. The van der Waals surface area contributed by atoms with Crippen LogP contribution in [0.5, 0.6) is 0 Å². The van der Waals surface area contributed by atoms with Crippen LogP contribution < -0.4 is 10.6 Å². The molecule has 106 valence electrons. The summed E-state index contributed by atoms with van der Waals surface area (Å²) in [6.45, 7) is 8.29. The van der Waals surface area contributed by atoms with E-state index >= 15 is 0 Å². The summed E-state index contributed by atoms with van der Waals surface area (Å²) >= 11 is 0. The monoisotopic (exact) mass is 266 g/mol. The van der Waals surface area contributed by atoms with Crippen molar-refractivity contribution in [3.8, 4) is 0 Å². The van der Waals surface area contributed by atoms with Crippen LogP contribution in [0.2, 0.25) is 0 Å². The summed E-state index contributed by atoms with van der Waals surface area (Å²) in [4.78, 5) is 11.7. The summed E-state index contributed by atoms with van der Waals surface area (Å²) in [7, 11) is 0. The first-order valence-corrected chi connectivity index (χ1v) is 6.55. The van der Waals surface area contributed by atoms with Crippen LogP contribution in [0.3, 0.4) is 0 Å².